The monoisotopic (exact) mass is 347 g/mol. The molecule has 2 aliphatic rings. The Hall–Kier alpha value is -1.20. The number of hydrogen-bond donors (Lipinski definition) is 0. The van der Waals surface area contributed by atoms with Gasteiger partial charge in [0.15, 0.2) is 0 Å². The van der Waals surface area contributed by atoms with Gasteiger partial charge in [0.25, 0.3) is 0 Å². The van der Waals surface area contributed by atoms with Gasteiger partial charge in [0.1, 0.15) is 5.52 Å². The average molecular weight is 348 g/mol. The zero-order chi connectivity index (χ0) is 14.2. The van der Waals surface area contributed by atoms with Crippen LogP contribution < -0.4 is 4.90 Å². The number of fused-ring (bicyclic) bond motifs is 2. The van der Waals surface area contributed by atoms with E-state index in [0.29, 0.717) is 12.0 Å². The third kappa shape index (κ3) is 2.53. The summed E-state index contributed by atoms with van der Waals surface area (Å²) < 4.78 is 6.88. The number of piperidine rings is 1. The fraction of sp³-hybridized carbons (Fsp3) is 0.500. The van der Waals surface area contributed by atoms with Crippen LogP contribution in [-0.2, 0) is 4.74 Å². The molecule has 0 saturated carbocycles. The summed E-state index contributed by atoms with van der Waals surface area (Å²) >= 11 is 3.47. The summed E-state index contributed by atoms with van der Waals surface area (Å²) in [5.74, 6) is 0.658. The lowest BCUT2D eigenvalue weighted by molar-refractivity contribution is -0.0356. The van der Waals surface area contributed by atoms with Gasteiger partial charge in [-0.15, -0.1) is 0 Å². The van der Waals surface area contributed by atoms with Gasteiger partial charge in [-0.25, -0.2) is 0 Å². The molecule has 2 atom stereocenters. The van der Waals surface area contributed by atoms with Crippen LogP contribution in [0.2, 0.25) is 0 Å². The maximum atomic E-state index is 5.91. The Labute approximate surface area is 132 Å². The minimum absolute atomic E-state index is 0.463. The topological polar surface area (TPSA) is 38.2 Å². The second-order valence-corrected chi connectivity index (χ2v) is 6.81. The summed E-state index contributed by atoms with van der Waals surface area (Å²) in [4.78, 5) is 11.5. The van der Waals surface area contributed by atoms with Gasteiger partial charge in [0, 0.05) is 42.5 Å². The number of anilines is 1. The summed E-state index contributed by atoms with van der Waals surface area (Å²) in [6, 6.07) is 4.12. The van der Waals surface area contributed by atoms with Crippen LogP contribution in [0.15, 0.2) is 29.0 Å². The van der Waals surface area contributed by atoms with E-state index < -0.39 is 0 Å². The molecular formula is C16H18BrN3O. The minimum Gasteiger partial charge on any atom is -0.378 e. The van der Waals surface area contributed by atoms with Gasteiger partial charge in [-0.3, -0.25) is 9.97 Å². The van der Waals surface area contributed by atoms with Crippen LogP contribution in [0.5, 0.6) is 0 Å². The summed E-state index contributed by atoms with van der Waals surface area (Å²) in [5.41, 5.74) is 3.15. The maximum absolute atomic E-state index is 5.91. The molecule has 110 valence electrons. The van der Waals surface area contributed by atoms with Crippen molar-refractivity contribution >= 4 is 32.7 Å². The second kappa shape index (κ2) is 5.54. The van der Waals surface area contributed by atoms with Crippen LogP contribution in [0.25, 0.3) is 11.0 Å². The summed E-state index contributed by atoms with van der Waals surface area (Å²) in [5, 5.41) is 0. The van der Waals surface area contributed by atoms with Crippen LogP contribution in [0, 0.1) is 5.92 Å². The smallest absolute Gasteiger partial charge is 0.112 e. The molecule has 2 aromatic heterocycles. The molecule has 4 rings (SSSR count). The highest BCUT2D eigenvalue weighted by atomic mass is 79.9. The zero-order valence-electron chi connectivity index (χ0n) is 11.8. The highest BCUT2D eigenvalue weighted by Crippen LogP contribution is 2.33. The fourth-order valence-corrected chi connectivity index (χ4v) is 3.87. The molecular weight excluding hydrogens is 330 g/mol. The van der Waals surface area contributed by atoms with Gasteiger partial charge >= 0.3 is 0 Å². The number of rotatable bonds is 1. The van der Waals surface area contributed by atoms with Crippen molar-refractivity contribution < 1.29 is 4.74 Å². The van der Waals surface area contributed by atoms with E-state index in [1.165, 1.54) is 18.5 Å². The molecule has 2 aliphatic heterocycles. The first-order chi connectivity index (χ1) is 10.3. The molecule has 0 bridgehead atoms. The Morgan fingerprint density at radius 2 is 2.24 bits per heavy atom. The van der Waals surface area contributed by atoms with E-state index >= 15 is 0 Å². The van der Waals surface area contributed by atoms with Gasteiger partial charge in [-0.1, -0.05) is 0 Å². The molecule has 0 radical (unpaired) electrons. The summed E-state index contributed by atoms with van der Waals surface area (Å²) in [6.45, 7) is 3.05. The predicted octanol–water partition coefficient (Wildman–Crippen LogP) is 3.40. The first kappa shape index (κ1) is 13.5. The molecule has 0 unspecified atom stereocenters. The Bertz CT molecular complexity index is 663. The van der Waals surface area contributed by atoms with E-state index in [1.807, 2.05) is 18.5 Å². The average Bonchev–Trinajstić information content (AvgIpc) is 2.53. The molecule has 0 N–H and O–H groups in total. The standard InChI is InChI=1S/C16H18BrN3O/c17-12-8-13-16(19-9-12)14(3-5-18-13)20-6-4-15-11(10-20)2-1-7-21-15/h3,5,8-9,11,15H,1-2,4,6-7,10H2/t11-,15+/m0/s1. The van der Waals surface area contributed by atoms with Crippen molar-refractivity contribution in [2.24, 2.45) is 5.92 Å². The Morgan fingerprint density at radius 3 is 3.19 bits per heavy atom. The molecule has 4 heterocycles. The van der Waals surface area contributed by atoms with Gasteiger partial charge < -0.3 is 9.64 Å². The van der Waals surface area contributed by atoms with E-state index in [9.17, 15) is 0 Å². The molecule has 2 saturated heterocycles. The van der Waals surface area contributed by atoms with Crippen molar-refractivity contribution in [2.75, 3.05) is 24.6 Å². The lowest BCUT2D eigenvalue weighted by Crippen LogP contribution is -2.46. The maximum Gasteiger partial charge on any atom is 0.112 e. The number of ether oxygens (including phenoxy) is 1. The van der Waals surface area contributed by atoms with Crippen molar-refractivity contribution in [3.8, 4) is 0 Å². The molecule has 2 aromatic rings. The Morgan fingerprint density at radius 1 is 1.29 bits per heavy atom. The van der Waals surface area contributed by atoms with Gasteiger partial charge in [-0.05, 0) is 47.3 Å². The van der Waals surface area contributed by atoms with Crippen molar-refractivity contribution in [1.82, 2.24) is 9.97 Å². The van der Waals surface area contributed by atoms with Crippen LogP contribution >= 0.6 is 15.9 Å². The number of hydrogen-bond acceptors (Lipinski definition) is 4. The number of pyridine rings is 2. The third-order valence-electron chi connectivity index (χ3n) is 4.58. The highest BCUT2D eigenvalue weighted by molar-refractivity contribution is 9.10. The van der Waals surface area contributed by atoms with Crippen LogP contribution in [0.4, 0.5) is 5.69 Å². The van der Waals surface area contributed by atoms with E-state index in [4.69, 9.17) is 4.74 Å². The van der Waals surface area contributed by atoms with E-state index in [1.54, 1.807) is 0 Å². The number of halogens is 1. The SMILES string of the molecule is Brc1cnc2c(N3CC[C@H]4OCCC[C@H]4C3)ccnc2c1. The number of aromatic nitrogens is 2. The van der Waals surface area contributed by atoms with Crippen molar-refractivity contribution in [3.63, 3.8) is 0 Å². The van der Waals surface area contributed by atoms with Crippen molar-refractivity contribution in [3.05, 3.63) is 29.0 Å². The third-order valence-corrected chi connectivity index (χ3v) is 5.01. The lowest BCUT2D eigenvalue weighted by atomic mass is 9.88. The second-order valence-electron chi connectivity index (χ2n) is 5.90. The first-order valence-electron chi connectivity index (χ1n) is 7.58. The Kier molecular flexibility index (Phi) is 3.55. The first-order valence-corrected chi connectivity index (χ1v) is 8.37. The van der Waals surface area contributed by atoms with Gasteiger partial charge in [-0.2, -0.15) is 0 Å². The molecule has 2 fully saturated rings. The lowest BCUT2D eigenvalue weighted by Gasteiger charge is -2.42. The van der Waals surface area contributed by atoms with E-state index in [2.05, 4.69) is 36.9 Å². The summed E-state index contributed by atoms with van der Waals surface area (Å²) in [7, 11) is 0. The molecule has 4 nitrogen and oxygen atoms in total. The fourth-order valence-electron chi connectivity index (χ4n) is 3.55. The van der Waals surface area contributed by atoms with Crippen LogP contribution in [0.1, 0.15) is 19.3 Å². The molecule has 0 amide bonds. The van der Waals surface area contributed by atoms with Crippen LogP contribution in [-0.4, -0.2) is 35.8 Å². The Balaban J connectivity index is 1.67. The molecule has 5 heteroatoms. The molecule has 0 spiro atoms. The van der Waals surface area contributed by atoms with Crippen molar-refractivity contribution in [2.45, 2.75) is 25.4 Å². The summed E-state index contributed by atoms with van der Waals surface area (Å²) in [6.07, 6.45) is 7.79. The van der Waals surface area contributed by atoms with Gasteiger partial charge in [0.05, 0.1) is 17.3 Å². The quantitative estimate of drug-likeness (QED) is 0.792. The molecule has 21 heavy (non-hydrogen) atoms. The zero-order valence-corrected chi connectivity index (χ0v) is 13.4. The number of nitrogens with zero attached hydrogens (tertiary/aromatic N) is 3. The normalized spacial score (nSPS) is 25.9. The largest absolute Gasteiger partial charge is 0.378 e. The van der Waals surface area contributed by atoms with Crippen LogP contribution in [0.3, 0.4) is 0 Å². The minimum atomic E-state index is 0.463. The molecule has 0 aliphatic carbocycles. The van der Waals surface area contributed by atoms with E-state index in [-0.39, 0.29) is 0 Å². The molecule has 0 aromatic carbocycles. The predicted molar refractivity (Wildman–Crippen MR) is 86.5 cm³/mol. The highest BCUT2D eigenvalue weighted by Gasteiger charge is 2.32. The van der Waals surface area contributed by atoms with Gasteiger partial charge in [0.2, 0.25) is 0 Å². The van der Waals surface area contributed by atoms with Crippen molar-refractivity contribution in [1.29, 1.82) is 0 Å². The van der Waals surface area contributed by atoms with E-state index in [0.717, 1.165) is 41.6 Å².